The molecule has 0 saturated carbocycles. The largest absolute Gasteiger partial charge is 0.480 e. The molecule has 2 N–H and O–H groups in total. The van der Waals surface area contributed by atoms with Gasteiger partial charge in [0.1, 0.15) is 6.61 Å². The minimum Gasteiger partial charge on any atom is -0.480 e. The third-order valence-electron chi connectivity index (χ3n) is 0.135. The topological polar surface area (TPSA) is 57.5 Å². The summed E-state index contributed by atoms with van der Waals surface area (Å²) < 4.78 is 0. The molecule has 4 heteroatoms. The second kappa shape index (κ2) is 4.95. The summed E-state index contributed by atoms with van der Waals surface area (Å²) in [5.74, 6) is -1.19. The molecule has 0 unspecified atom stereocenters. The number of carboxylic acids is 1. The van der Waals surface area contributed by atoms with Gasteiger partial charge in [0.05, 0.1) is 0 Å². The van der Waals surface area contributed by atoms with E-state index in [-0.39, 0.29) is 17.1 Å². The van der Waals surface area contributed by atoms with Crippen molar-refractivity contribution >= 4 is 5.97 Å². The molecule has 0 aromatic rings. The van der Waals surface area contributed by atoms with Crippen LogP contribution in [-0.2, 0) is 21.9 Å². The Hall–Kier alpha value is -0.0505. The van der Waals surface area contributed by atoms with Gasteiger partial charge >= 0.3 is 5.97 Å². The first kappa shape index (κ1) is 9.34. The number of hydrogen-bond donors (Lipinski definition) is 2. The van der Waals surface area contributed by atoms with E-state index in [9.17, 15) is 0 Å². The molecular formula is C2H4CuO3. The molecule has 1 radical (unpaired) electrons. The summed E-state index contributed by atoms with van der Waals surface area (Å²) in [5.41, 5.74) is 0. The van der Waals surface area contributed by atoms with Crippen LogP contribution in [-0.4, -0.2) is 22.8 Å². The fraction of sp³-hybridized carbons (Fsp3) is 0.500. The Morgan fingerprint density at radius 2 is 1.83 bits per heavy atom. The van der Waals surface area contributed by atoms with Crippen molar-refractivity contribution < 1.29 is 32.1 Å². The van der Waals surface area contributed by atoms with E-state index in [0.717, 1.165) is 0 Å². The molecule has 6 heavy (non-hydrogen) atoms. The van der Waals surface area contributed by atoms with E-state index in [2.05, 4.69) is 0 Å². The van der Waals surface area contributed by atoms with Gasteiger partial charge in [0, 0.05) is 17.1 Å². The van der Waals surface area contributed by atoms with Gasteiger partial charge in [-0.1, -0.05) is 0 Å². The van der Waals surface area contributed by atoms with Gasteiger partial charge < -0.3 is 10.2 Å². The van der Waals surface area contributed by atoms with Crippen molar-refractivity contribution in [1.82, 2.24) is 0 Å². The minimum atomic E-state index is -1.19. The fourth-order valence-corrected chi connectivity index (χ4v) is 0. The molecule has 0 aromatic heterocycles. The summed E-state index contributed by atoms with van der Waals surface area (Å²) in [4.78, 5) is 9.12. The van der Waals surface area contributed by atoms with Gasteiger partial charge in [0.15, 0.2) is 0 Å². The van der Waals surface area contributed by atoms with E-state index >= 15 is 0 Å². The van der Waals surface area contributed by atoms with Crippen LogP contribution < -0.4 is 0 Å². The zero-order valence-electron chi connectivity index (χ0n) is 2.81. The van der Waals surface area contributed by atoms with Crippen LogP contribution in [0, 0.1) is 0 Å². The maximum absolute atomic E-state index is 9.12. The summed E-state index contributed by atoms with van der Waals surface area (Å²) in [7, 11) is 0. The average Bonchev–Trinajstić information content (AvgIpc) is 1.38. The van der Waals surface area contributed by atoms with E-state index in [1.165, 1.54) is 0 Å². The predicted molar refractivity (Wildman–Crippen MR) is 14.7 cm³/mol. The Morgan fingerprint density at radius 1 is 1.67 bits per heavy atom. The standard InChI is InChI=1S/C2H4O3.Cu/c3-1-2(4)5;/h3H,1H2,(H,4,5);. The molecule has 0 bridgehead atoms. The molecule has 0 spiro atoms. The molecular weight excluding hydrogens is 136 g/mol. The molecule has 0 aliphatic carbocycles. The number of rotatable bonds is 1. The van der Waals surface area contributed by atoms with Crippen molar-refractivity contribution in [2.75, 3.05) is 6.61 Å². The molecule has 0 rings (SSSR count). The Morgan fingerprint density at radius 3 is 1.83 bits per heavy atom. The van der Waals surface area contributed by atoms with Gasteiger partial charge in [-0.25, -0.2) is 4.79 Å². The van der Waals surface area contributed by atoms with Crippen molar-refractivity contribution in [1.29, 1.82) is 0 Å². The monoisotopic (exact) mass is 139 g/mol. The summed E-state index contributed by atoms with van der Waals surface area (Å²) >= 11 is 0. The Labute approximate surface area is 45.4 Å². The Balaban J connectivity index is 0. The molecule has 0 heterocycles. The molecule has 0 fully saturated rings. The fourth-order valence-electron chi connectivity index (χ4n) is 0. The van der Waals surface area contributed by atoms with Crippen LogP contribution in [0.25, 0.3) is 0 Å². The van der Waals surface area contributed by atoms with Crippen molar-refractivity contribution in [3.63, 3.8) is 0 Å². The Bertz CT molecular complexity index is 44.1. The van der Waals surface area contributed by atoms with Crippen LogP contribution in [0.5, 0.6) is 0 Å². The second-order valence-corrected chi connectivity index (χ2v) is 0.552. The first-order valence-corrected chi connectivity index (χ1v) is 1.10. The third kappa shape index (κ3) is 9.04. The normalized spacial score (nSPS) is 6.17. The van der Waals surface area contributed by atoms with Gasteiger partial charge in [-0.15, -0.1) is 0 Å². The molecule has 0 aromatic carbocycles. The van der Waals surface area contributed by atoms with Gasteiger partial charge in [0.25, 0.3) is 0 Å². The first-order chi connectivity index (χ1) is 2.27. The molecule has 41 valence electrons. The SMILES string of the molecule is O=C(O)CO.[Cu]. The minimum absolute atomic E-state index is 0. The zero-order valence-corrected chi connectivity index (χ0v) is 3.75. The predicted octanol–water partition coefficient (Wildman–Crippen LogP) is -0.939. The van der Waals surface area contributed by atoms with Gasteiger partial charge in [0.2, 0.25) is 0 Å². The van der Waals surface area contributed by atoms with E-state index in [1.807, 2.05) is 0 Å². The van der Waals surface area contributed by atoms with E-state index in [1.54, 1.807) is 0 Å². The van der Waals surface area contributed by atoms with Crippen LogP contribution in [0.2, 0.25) is 0 Å². The summed E-state index contributed by atoms with van der Waals surface area (Å²) in [6.07, 6.45) is 0. The number of aliphatic hydroxyl groups excluding tert-OH is 1. The van der Waals surface area contributed by atoms with E-state index in [4.69, 9.17) is 15.0 Å². The molecule has 0 saturated heterocycles. The number of carbonyl (C=O) groups is 1. The number of carboxylic acid groups (broad SMARTS) is 1. The van der Waals surface area contributed by atoms with Crippen LogP contribution in [0.4, 0.5) is 0 Å². The molecule has 0 aliphatic rings. The van der Waals surface area contributed by atoms with Gasteiger partial charge in [-0.3, -0.25) is 0 Å². The smallest absolute Gasteiger partial charge is 0.329 e. The van der Waals surface area contributed by atoms with Crippen LogP contribution in [0.15, 0.2) is 0 Å². The second-order valence-electron chi connectivity index (χ2n) is 0.552. The quantitative estimate of drug-likeness (QED) is 0.461. The molecule has 0 aliphatic heterocycles. The maximum Gasteiger partial charge on any atom is 0.329 e. The summed E-state index contributed by atoms with van der Waals surface area (Å²) in [5, 5.41) is 15.0. The van der Waals surface area contributed by atoms with Crippen molar-refractivity contribution in [2.45, 2.75) is 0 Å². The van der Waals surface area contributed by atoms with E-state index < -0.39 is 12.6 Å². The molecule has 3 nitrogen and oxygen atoms in total. The number of aliphatic carboxylic acids is 1. The maximum atomic E-state index is 9.12. The molecule has 0 amide bonds. The van der Waals surface area contributed by atoms with E-state index in [0.29, 0.717) is 0 Å². The number of hydrogen-bond acceptors (Lipinski definition) is 2. The summed E-state index contributed by atoms with van der Waals surface area (Å²) in [6, 6.07) is 0. The van der Waals surface area contributed by atoms with Crippen LogP contribution >= 0.6 is 0 Å². The van der Waals surface area contributed by atoms with Gasteiger partial charge in [-0.05, 0) is 0 Å². The van der Waals surface area contributed by atoms with Crippen molar-refractivity contribution in [2.24, 2.45) is 0 Å². The van der Waals surface area contributed by atoms with Crippen molar-refractivity contribution in [3.05, 3.63) is 0 Å². The zero-order chi connectivity index (χ0) is 4.28. The van der Waals surface area contributed by atoms with Gasteiger partial charge in [-0.2, -0.15) is 0 Å². The Kier molecular flexibility index (Phi) is 7.71. The molecule has 0 atom stereocenters. The average molecular weight is 140 g/mol. The third-order valence-corrected chi connectivity index (χ3v) is 0.135. The van der Waals surface area contributed by atoms with Crippen molar-refractivity contribution in [3.8, 4) is 0 Å². The number of aliphatic hydroxyl groups is 1. The summed E-state index contributed by atoms with van der Waals surface area (Å²) in [6.45, 7) is -0.778. The van der Waals surface area contributed by atoms with Crippen LogP contribution in [0.1, 0.15) is 0 Å². The van der Waals surface area contributed by atoms with Crippen LogP contribution in [0.3, 0.4) is 0 Å². The first-order valence-electron chi connectivity index (χ1n) is 1.10.